The molecule has 0 atom stereocenters. The van der Waals surface area contributed by atoms with E-state index in [0.29, 0.717) is 5.13 Å². The molecule has 0 aliphatic heterocycles. The molecular formula is C20H17FN2O2S. The second-order valence-corrected chi connectivity index (χ2v) is 6.73. The molecule has 0 radical (unpaired) electrons. The predicted octanol–water partition coefficient (Wildman–Crippen LogP) is 4.92. The number of methoxy groups -OCH3 is 1. The lowest BCUT2D eigenvalue weighted by Gasteiger charge is -1.99. The topological polar surface area (TPSA) is 51.2 Å². The minimum absolute atomic E-state index is 0.264. The Morgan fingerprint density at radius 2 is 1.85 bits per heavy atom. The molecule has 0 saturated heterocycles. The van der Waals surface area contributed by atoms with Crippen molar-refractivity contribution < 1.29 is 13.9 Å². The molecule has 0 unspecified atom stereocenters. The van der Waals surface area contributed by atoms with Crippen molar-refractivity contribution >= 4 is 28.5 Å². The molecule has 2 aromatic carbocycles. The molecule has 0 fully saturated rings. The maximum Gasteiger partial charge on any atom is 0.250 e. The molecule has 0 saturated carbocycles. The second kappa shape index (κ2) is 7.93. The Hall–Kier alpha value is -2.99. The smallest absolute Gasteiger partial charge is 0.250 e. The first-order chi connectivity index (χ1) is 12.5. The first-order valence-electron chi connectivity index (χ1n) is 7.91. The number of amides is 1. The van der Waals surface area contributed by atoms with E-state index in [9.17, 15) is 9.18 Å². The zero-order chi connectivity index (χ0) is 18.5. The first-order valence-corrected chi connectivity index (χ1v) is 8.73. The summed E-state index contributed by atoms with van der Waals surface area (Å²) in [6.45, 7) is 1.92. The van der Waals surface area contributed by atoms with E-state index in [4.69, 9.17) is 4.74 Å². The fourth-order valence-electron chi connectivity index (χ4n) is 2.36. The van der Waals surface area contributed by atoms with Gasteiger partial charge in [0.2, 0.25) is 5.91 Å². The van der Waals surface area contributed by atoms with E-state index in [1.54, 1.807) is 25.3 Å². The number of aromatic nitrogens is 1. The van der Waals surface area contributed by atoms with Gasteiger partial charge in [0.25, 0.3) is 0 Å². The molecule has 3 rings (SSSR count). The van der Waals surface area contributed by atoms with Crippen molar-refractivity contribution in [2.75, 3.05) is 12.4 Å². The molecule has 0 spiro atoms. The van der Waals surface area contributed by atoms with Crippen molar-refractivity contribution in [3.63, 3.8) is 0 Å². The van der Waals surface area contributed by atoms with Gasteiger partial charge in [-0.1, -0.05) is 12.1 Å². The number of ether oxygens (including phenoxy) is 1. The number of carbonyl (C=O) groups is 1. The van der Waals surface area contributed by atoms with Crippen LogP contribution >= 0.6 is 11.3 Å². The van der Waals surface area contributed by atoms with Crippen molar-refractivity contribution in [2.24, 2.45) is 0 Å². The fraction of sp³-hybridized carbons (Fsp3) is 0.100. The average molecular weight is 368 g/mol. The van der Waals surface area contributed by atoms with Crippen molar-refractivity contribution in [1.82, 2.24) is 4.98 Å². The van der Waals surface area contributed by atoms with Crippen LogP contribution in [-0.2, 0) is 4.79 Å². The molecule has 4 nitrogen and oxygen atoms in total. The zero-order valence-electron chi connectivity index (χ0n) is 14.3. The van der Waals surface area contributed by atoms with Crippen LogP contribution in [0.4, 0.5) is 9.52 Å². The number of hydrogen-bond acceptors (Lipinski definition) is 4. The summed E-state index contributed by atoms with van der Waals surface area (Å²) in [5.41, 5.74) is 2.45. The molecule has 1 heterocycles. The summed E-state index contributed by atoms with van der Waals surface area (Å²) in [5.74, 6) is 0.206. The van der Waals surface area contributed by atoms with Crippen LogP contribution in [-0.4, -0.2) is 18.0 Å². The van der Waals surface area contributed by atoms with E-state index < -0.39 is 0 Å². The Morgan fingerprint density at radius 3 is 2.50 bits per heavy atom. The molecule has 132 valence electrons. The third-order valence-corrected chi connectivity index (χ3v) is 4.57. The Balaban J connectivity index is 1.68. The Labute approximate surface area is 155 Å². The number of thiazole rings is 1. The van der Waals surface area contributed by atoms with E-state index in [-0.39, 0.29) is 11.7 Å². The number of anilines is 1. The number of halogens is 1. The standard InChI is InChI=1S/C20H17FN2O2S/c1-13-19(15-6-8-16(21)9-7-15)23-20(26-13)22-18(24)12-5-14-3-10-17(25-2)11-4-14/h3-12H,1-2H3,(H,22,23,24)/b12-5+. The predicted molar refractivity (Wildman–Crippen MR) is 103 cm³/mol. The lowest BCUT2D eigenvalue weighted by molar-refractivity contribution is -0.111. The molecule has 1 N–H and O–H groups in total. The van der Waals surface area contributed by atoms with E-state index >= 15 is 0 Å². The van der Waals surface area contributed by atoms with Crippen LogP contribution in [0.1, 0.15) is 10.4 Å². The van der Waals surface area contributed by atoms with E-state index in [2.05, 4.69) is 10.3 Å². The van der Waals surface area contributed by atoms with Crippen molar-refractivity contribution in [1.29, 1.82) is 0 Å². The van der Waals surface area contributed by atoms with Crippen molar-refractivity contribution in [3.8, 4) is 17.0 Å². The van der Waals surface area contributed by atoms with Gasteiger partial charge in [-0.25, -0.2) is 9.37 Å². The monoisotopic (exact) mass is 368 g/mol. The summed E-state index contributed by atoms with van der Waals surface area (Å²) >= 11 is 1.38. The highest BCUT2D eigenvalue weighted by atomic mass is 32.1. The van der Waals surface area contributed by atoms with Crippen LogP contribution in [0.25, 0.3) is 17.3 Å². The van der Waals surface area contributed by atoms with Crippen molar-refractivity contribution in [3.05, 3.63) is 70.9 Å². The van der Waals surface area contributed by atoms with Crippen LogP contribution in [0.15, 0.2) is 54.6 Å². The third-order valence-electron chi connectivity index (χ3n) is 3.69. The molecular weight excluding hydrogens is 351 g/mol. The number of rotatable bonds is 5. The summed E-state index contributed by atoms with van der Waals surface area (Å²) in [6.07, 6.45) is 3.17. The largest absolute Gasteiger partial charge is 0.497 e. The minimum atomic E-state index is -0.293. The van der Waals surface area contributed by atoms with Crippen LogP contribution < -0.4 is 10.1 Å². The van der Waals surface area contributed by atoms with Crippen LogP contribution in [0, 0.1) is 12.7 Å². The summed E-state index contributed by atoms with van der Waals surface area (Å²) in [6, 6.07) is 13.5. The molecule has 0 bridgehead atoms. The average Bonchev–Trinajstić information content (AvgIpc) is 3.01. The molecule has 1 aromatic heterocycles. The van der Waals surface area contributed by atoms with Crippen LogP contribution in [0.5, 0.6) is 5.75 Å². The van der Waals surface area contributed by atoms with Gasteiger partial charge in [-0.15, -0.1) is 11.3 Å². The van der Waals surface area contributed by atoms with E-state index in [1.165, 1.54) is 29.5 Å². The SMILES string of the molecule is COc1ccc(/C=C/C(=O)Nc2nc(-c3ccc(F)cc3)c(C)s2)cc1. The summed E-state index contributed by atoms with van der Waals surface area (Å²) < 4.78 is 18.2. The quantitative estimate of drug-likeness (QED) is 0.651. The number of nitrogens with zero attached hydrogens (tertiary/aromatic N) is 1. The van der Waals surface area contributed by atoms with Gasteiger partial charge in [0.05, 0.1) is 12.8 Å². The van der Waals surface area contributed by atoms with Gasteiger partial charge >= 0.3 is 0 Å². The number of hydrogen-bond donors (Lipinski definition) is 1. The number of nitrogens with one attached hydrogen (secondary N) is 1. The maximum absolute atomic E-state index is 13.1. The van der Waals surface area contributed by atoms with Gasteiger partial charge in [0, 0.05) is 16.5 Å². The normalized spacial score (nSPS) is 10.9. The van der Waals surface area contributed by atoms with E-state index in [1.807, 2.05) is 31.2 Å². The highest BCUT2D eigenvalue weighted by Crippen LogP contribution is 2.30. The summed E-state index contributed by atoms with van der Waals surface area (Å²) in [4.78, 5) is 17.5. The van der Waals surface area contributed by atoms with Gasteiger partial charge in [-0.2, -0.15) is 0 Å². The minimum Gasteiger partial charge on any atom is -0.497 e. The maximum atomic E-state index is 13.1. The van der Waals surface area contributed by atoms with Gasteiger partial charge in [0.15, 0.2) is 5.13 Å². The number of benzene rings is 2. The fourth-order valence-corrected chi connectivity index (χ4v) is 3.20. The lowest BCUT2D eigenvalue weighted by Crippen LogP contribution is -2.07. The first kappa shape index (κ1) is 17.8. The second-order valence-electron chi connectivity index (χ2n) is 5.53. The molecule has 0 aliphatic rings. The lowest BCUT2D eigenvalue weighted by atomic mass is 10.1. The highest BCUT2D eigenvalue weighted by Gasteiger charge is 2.11. The van der Waals surface area contributed by atoms with Crippen LogP contribution in [0.3, 0.4) is 0 Å². The molecule has 26 heavy (non-hydrogen) atoms. The molecule has 1 amide bonds. The summed E-state index contributed by atoms with van der Waals surface area (Å²) in [5, 5.41) is 3.27. The van der Waals surface area contributed by atoms with Gasteiger partial charge in [-0.3, -0.25) is 10.1 Å². The van der Waals surface area contributed by atoms with Crippen molar-refractivity contribution in [2.45, 2.75) is 6.92 Å². The van der Waals surface area contributed by atoms with Gasteiger partial charge in [0.1, 0.15) is 11.6 Å². The Bertz CT molecular complexity index is 931. The number of aryl methyl sites for hydroxylation is 1. The molecule has 6 heteroatoms. The Kier molecular flexibility index (Phi) is 5.43. The Morgan fingerprint density at radius 1 is 1.15 bits per heavy atom. The zero-order valence-corrected chi connectivity index (χ0v) is 15.1. The highest BCUT2D eigenvalue weighted by molar-refractivity contribution is 7.16. The number of carbonyl (C=O) groups excluding carboxylic acids is 1. The molecule has 3 aromatic rings. The summed E-state index contributed by atoms with van der Waals surface area (Å²) in [7, 11) is 1.61. The molecule has 0 aliphatic carbocycles. The third kappa shape index (κ3) is 4.34. The van der Waals surface area contributed by atoms with Gasteiger partial charge in [-0.05, 0) is 55.0 Å². The van der Waals surface area contributed by atoms with Crippen LogP contribution in [0.2, 0.25) is 0 Å². The van der Waals surface area contributed by atoms with E-state index in [0.717, 1.165) is 27.4 Å². The van der Waals surface area contributed by atoms with Gasteiger partial charge < -0.3 is 4.74 Å².